The third-order valence-corrected chi connectivity index (χ3v) is 3.17. The molecule has 0 saturated heterocycles. The van der Waals surface area contributed by atoms with E-state index >= 15 is 0 Å². The molecule has 1 aliphatic rings. The molecule has 0 aromatic heterocycles. The summed E-state index contributed by atoms with van der Waals surface area (Å²) >= 11 is 0. The minimum atomic E-state index is -0.395. The first-order valence-electron chi connectivity index (χ1n) is 5.86. The van der Waals surface area contributed by atoms with Crippen molar-refractivity contribution in [2.24, 2.45) is 0 Å². The van der Waals surface area contributed by atoms with Crippen molar-refractivity contribution in [2.45, 2.75) is 6.61 Å². The number of benzene rings is 2. The molecule has 1 heterocycles. The first-order valence-corrected chi connectivity index (χ1v) is 5.86. The summed E-state index contributed by atoms with van der Waals surface area (Å²) in [5.74, 6) is 0.442. The second-order valence-electron chi connectivity index (χ2n) is 4.33. The summed E-state index contributed by atoms with van der Waals surface area (Å²) in [7, 11) is 1.34. The van der Waals surface area contributed by atoms with Gasteiger partial charge < -0.3 is 14.6 Å². The van der Waals surface area contributed by atoms with E-state index in [2.05, 4.69) is 4.74 Å². The molecule has 96 valence electrons. The number of phenolic OH excluding ortho intramolecular Hbond substituents is 1. The molecule has 4 nitrogen and oxygen atoms in total. The number of ether oxygens (including phenoxy) is 2. The molecule has 0 atom stereocenters. The van der Waals surface area contributed by atoms with Crippen LogP contribution in [0, 0.1) is 0 Å². The van der Waals surface area contributed by atoms with E-state index in [0.717, 1.165) is 16.7 Å². The molecule has 0 radical (unpaired) electrons. The van der Waals surface area contributed by atoms with Crippen LogP contribution in [0.15, 0.2) is 36.4 Å². The summed E-state index contributed by atoms with van der Waals surface area (Å²) in [6, 6.07) is 10.3. The molecule has 2 aromatic carbocycles. The van der Waals surface area contributed by atoms with E-state index in [1.54, 1.807) is 30.3 Å². The third-order valence-electron chi connectivity index (χ3n) is 3.17. The molecule has 0 amide bonds. The summed E-state index contributed by atoms with van der Waals surface area (Å²) in [4.78, 5) is 11.5. The highest BCUT2D eigenvalue weighted by Gasteiger charge is 2.19. The SMILES string of the molecule is COC(=O)c1ccc2c(c1)OCc1ccc(O)cc1-2. The number of carbonyl (C=O) groups excluding carboxylic acids is 1. The van der Waals surface area contributed by atoms with Crippen LogP contribution in [0.2, 0.25) is 0 Å². The maximum atomic E-state index is 11.5. The minimum Gasteiger partial charge on any atom is -0.508 e. The standard InChI is InChI=1S/C15H12O4/c1-18-15(17)9-3-5-12-13-7-11(16)4-2-10(13)8-19-14(12)6-9/h2-7,16H,8H2,1H3. The van der Waals surface area contributed by atoms with Crippen LogP contribution >= 0.6 is 0 Å². The molecule has 1 aliphatic heterocycles. The molecule has 0 spiro atoms. The predicted molar refractivity (Wildman–Crippen MR) is 69.2 cm³/mol. The summed E-state index contributed by atoms with van der Waals surface area (Å²) < 4.78 is 10.3. The van der Waals surface area contributed by atoms with Gasteiger partial charge in [-0.25, -0.2) is 4.79 Å². The molecule has 19 heavy (non-hydrogen) atoms. The Morgan fingerprint density at radius 3 is 2.84 bits per heavy atom. The fraction of sp³-hybridized carbons (Fsp3) is 0.133. The number of phenols is 1. The van der Waals surface area contributed by atoms with Crippen molar-refractivity contribution in [1.82, 2.24) is 0 Å². The topological polar surface area (TPSA) is 55.8 Å². The predicted octanol–water partition coefficient (Wildman–Crippen LogP) is 2.74. The number of hydrogen-bond donors (Lipinski definition) is 1. The summed E-state index contributed by atoms with van der Waals surface area (Å²) in [6.45, 7) is 0.424. The zero-order chi connectivity index (χ0) is 13.4. The second-order valence-corrected chi connectivity index (χ2v) is 4.33. The van der Waals surface area contributed by atoms with Gasteiger partial charge in [0.1, 0.15) is 18.1 Å². The van der Waals surface area contributed by atoms with Crippen LogP contribution in [0.4, 0.5) is 0 Å². The first kappa shape index (κ1) is 11.6. The quantitative estimate of drug-likeness (QED) is 0.797. The van der Waals surface area contributed by atoms with Gasteiger partial charge in [-0.2, -0.15) is 0 Å². The van der Waals surface area contributed by atoms with Gasteiger partial charge in [0.05, 0.1) is 12.7 Å². The molecular weight excluding hydrogens is 244 g/mol. The Morgan fingerprint density at radius 2 is 2.05 bits per heavy atom. The van der Waals surface area contributed by atoms with Crippen molar-refractivity contribution in [3.05, 3.63) is 47.5 Å². The number of methoxy groups -OCH3 is 1. The largest absolute Gasteiger partial charge is 0.508 e. The second kappa shape index (κ2) is 4.31. The number of hydrogen-bond acceptors (Lipinski definition) is 4. The highest BCUT2D eigenvalue weighted by atomic mass is 16.5. The smallest absolute Gasteiger partial charge is 0.337 e. The van der Waals surface area contributed by atoms with Crippen LogP contribution in [-0.2, 0) is 11.3 Å². The monoisotopic (exact) mass is 256 g/mol. The van der Waals surface area contributed by atoms with Crippen molar-refractivity contribution in [1.29, 1.82) is 0 Å². The third kappa shape index (κ3) is 1.91. The highest BCUT2D eigenvalue weighted by Crippen LogP contribution is 2.39. The molecule has 0 aliphatic carbocycles. The van der Waals surface area contributed by atoms with Gasteiger partial charge in [0.25, 0.3) is 0 Å². The molecule has 3 rings (SSSR count). The van der Waals surface area contributed by atoms with Crippen LogP contribution in [0.25, 0.3) is 11.1 Å². The molecule has 2 aromatic rings. The Balaban J connectivity index is 2.12. The van der Waals surface area contributed by atoms with Crippen molar-refractivity contribution in [3.8, 4) is 22.6 Å². The zero-order valence-corrected chi connectivity index (χ0v) is 10.3. The van der Waals surface area contributed by atoms with Gasteiger partial charge in [-0.3, -0.25) is 0 Å². The summed E-state index contributed by atoms with van der Waals surface area (Å²) in [5.41, 5.74) is 3.25. The Morgan fingerprint density at radius 1 is 1.21 bits per heavy atom. The average Bonchev–Trinajstić information content (AvgIpc) is 2.45. The van der Waals surface area contributed by atoms with Gasteiger partial charge in [0.15, 0.2) is 0 Å². The van der Waals surface area contributed by atoms with Crippen LogP contribution in [0.3, 0.4) is 0 Å². The van der Waals surface area contributed by atoms with Crippen LogP contribution in [0.1, 0.15) is 15.9 Å². The van der Waals surface area contributed by atoms with Crippen LogP contribution in [0.5, 0.6) is 11.5 Å². The van der Waals surface area contributed by atoms with Crippen molar-refractivity contribution >= 4 is 5.97 Å². The van der Waals surface area contributed by atoms with Gasteiger partial charge in [-0.15, -0.1) is 0 Å². The van der Waals surface area contributed by atoms with E-state index in [4.69, 9.17) is 4.74 Å². The maximum absolute atomic E-state index is 11.5. The highest BCUT2D eigenvalue weighted by molar-refractivity contribution is 5.91. The molecule has 1 N–H and O–H groups in total. The number of carbonyl (C=O) groups is 1. The van der Waals surface area contributed by atoms with Gasteiger partial charge in [-0.1, -0.05) is 6.07 Å². The Kier molecular flexibility index (Phi) is 2.63. The van der Waals surface area contributed by atoms with Gasteiger partial charge >= 0.3 is 5.97 Å². The van der Waals surface area contributed by atoms with Gasteiger partial charge in [0.2, 0.25) is 0 Å². The zero-order valence-electron chi connectivity index (χ0n) is 10.3. The Labute approximate surface area is 110 Å². The normalized spacial score (nSPS) is 12.1. The van der Waals surface area contributed by atoms with E-state index in [-0.39, 0.29) is 5.75 Å². The summed E-state index contributed by atoms with van der Waals surface area (Å²) in [5, 5.41) is 9.58. The summed E-state index contributed by atoms with van der Waals surface area (Å²) in [6.07, 6.45) is 0. The number of aromatic hydroxyl groups is 1. The number of fused-ring (bicyclic) bond motifs is 3. The Bertz CT molecular complexity index is 661. The lowest BCUT2D eigenvalue weighted by Crippen LogP contribution is -2.07. The van der Waals surface area contributed by atoms with E-state index in [9.17, 15) is 9.90 Å². The van der Waals surface area contributed by atoms with E-state index < -0.39 is 5.97 Å². The van der Waals surface area contributed by atoms with Gasteiger partial charge in [0, 0.05) is 5.56 Å². The fourth-order valence-corrected chi connectivity index (χ4v) is 2.21. The number of rotatable bonds is 1. The van der Waals surface area contributed by atoms with Crippen LogP contribution in [-0.4, -0.2) is 18.2 Å². The van der Waals surface area contributed by atoms with E-state index in [1.807, 2.05) is 6.07 Å². The van der Waals surface area contributed by atoms with Gasteiger partial charge in [-0.05, 0) is 41.5 Å². The average molecular weight is 256 g/mol. The molecule has 0 unspecified atom stereocenters. The molecule has 0 saturated carbocycles. The van der Waals surface area contributed by atoms with Crippen LogP contribution < -0.4 is 4.74 Å². The van der Waals surface area contributed by atoms with Crippen molar-refractivity contribution in [3.63, 3.8) is 0 Å². The Hall–Kier alpha value is -2.49. The minimum absolute atomic E-state index is 0.212. The van der Waals surface area contributed by atoms with Crippen molar-refractivity contribution in [2.75, 3.05) is 7.11 Å². The van der Waals surface area contributed by atoms with E-state index in [0.29, 0.717) is 17.9 Å². The lowest BCUT2D eigenvalue weighted by Gasteiger charge is -2.21. The molecule has 4 heteroatoms. The van der Waals surface area contributed by atoms with Crippen molar-refractivity contribution < 1.29 is 19.4 Å². The first-order chi connectivity index (χ1) is 9.19. The van der Waals surface area contributed by atoms with E-state index in [1.165, 1.54) is 7.11 Å². The molecule has 0 fully saturated rings. The lowest BCUT2D eigenvalue weighted by atomic mass is 9.95. The maximum Gasteiger partial charge on any atom is 0.337 e. The number of esters is 1. The fourth-order valence-electron chi connectivity index (χ4n) is 2.21. The molecule has 0 bridgehead atoms. The molecular formula is C15H12O4. The lowest BCUT2D eigenvalue weighted by molar-refractivity contribution is 0.0600.